The lowest BCUT2D eigenvalue weighted by Crippen LogP contribution is -2.24. The minimum Gasteiger partial charge on any atom is -0.474 e. The number of nitrogens with one attached hydrogen (secondary N) is 1. The van der Waals surface area contributed by atoms with Gasteiger partial charge in [-0.1, -0.05) is 31.5 Å². The van der Waals surface area contributed by atoms with E-state index >= 15 is 0 Å². The fourth-order valence-electron chi connectivity index (χ4n) is 3.09. The third kappa shape index (κ3) is 2.99. The second-order valence-corrected chi connectivity index (χ2v) is 5.95. The van der Waals surface area contributed by atoms with Crippen LogP contribution < -0.4 is 10.5 Å². The van der Waals surface area contributed by atoms with Crippen LogP contribution in [0.2, 0.25) is 0 Å². The standard InChI is InChI=1S/C17H21N3O/c1-11-5-4-6-12(9-11)21-16-10-14(17(18)19)13-7-2-3-8-15(13)20-16/h2-3,7-8,10-12H,4-6,9H2,1H3,(H3,18,19). The van der Waals surface area contributed by atoms with E-state index in [1.807, 2.05) is 24.3 Å². The molecule has 110 valence electrons. The fraction of sp³-hybridized carbons (Fsp3) is 0.412. The van der Waals surface area contributed by atoms with Gasteiger partial charge in [0.05, 0.1) is 5.52 Å². The van der Waals surface area contributed by atoms with Crippen molar-refractivity contribution in [2.24, 2.45) is 11.7 Å². The number of aromatic nitrogens is 1. The molecule has 21 heavy (non-hydrogen) atoms. The first-order valence-corrected chi connectivity index (χ1v) is 7.54. The van der Waals surface area contributed by atoms with Crippen molar-refractivity contribution >= 4 is 16.7 Å². The van der Waals surface area contributed by atoms with Crippen molar-refractivity contribution in [2.45, 2.75) is 38.7 Å². The van der Waals surface area contributed by atoms with E-state index in [9.17, 15) is 0 Å². The smallest absolute Gasteiger partial charge is 0.214 e. The number of rotatable bonds is 3. The minimum atomic E-state index is 0.0514. The number of nitrogens with zero attached hydrogens (tertiary/aromatic N) is 1. The van der Waals surface area contributed by atoms with Gasteiger partial charge < -0.3 is 10.5 Å². The summed E-state index contributed by atoms with van der Waals surface area (Å²) in [4.78, 5) is 4.56. The number of benzene rings is 1. The molecule has 4 nitrogen and oxygen atoms in total. The lowest BCUT2D eigenvalue weighted by molar-refractivity contribution is 0.124. The Hall–Kier alpha value is -2.10. The zero-order valence-electron chi connectivity index (χ0n) is 12.3. The topological polar surface area (TPSA) is 72.0 Å². The number of pyridine rings is 1. The number of amidine groups is 1. The van der Waals surface area contributed by atoms with Crippen molar-refractivity contribution in [3.8, 4) is 5.88 Å². The van der Waals surface area contributed by atoms with Crippen molar-refractivity contribution in [3.63, 3.8) is 0 Å². The van der Waals surface area contributed by atoms with E-state index < -0.39 is 0 Å². The zero-order chi connectivity index (χ0) is 14.8. The predicted octanol–water partition coefficient (Wildman–Crippen LogP) is 3.48. The number of para-hydroxylation sites is 1. The molecule has 1 aliphatic carbocycles. The van der Waals surface area contributed by atoms with E-state index in [-0.39, 0.29) is 11.9 Å². The molecule has 0 bridgehead atoms. The van der Waals surface area contributed by atoms with Crippen LogP contribution in [0.15, 0.2) is 30.3 Å². The minimum absolute atomic E-state index is 0.0514. The Morgan fingerprint density at radius 1 is 1.33 bits per heavy atom. The summed E-state index contributed by atoms with van der Waals surface area (Å²) < 4.78 is 6.06. The maximum absolute atomic E-state index is 7.76. The van der Waals surface area contributed by atoms with Crippen LogP contribution in [0.3, 0.4) is 0 Å². The number of fused-ring (bicyclic) bond motifs is 1. The molecule has 1 aromatic heterocycles. The number of nitrogen functional groups attached to an aromatic ring is 1. The average Bonchev–Trinajstić information content (AvgIpc) is 2.46. The summed E-state index contributed by atoms with van der Waals surface area (Å²) in [7, 11) is 0. The lowest BCUT2D eigenvalue weighted by atomic mass is 9.89. The van der Waals surface area contributed by atoms with Crippen LogP contribution in [-0.2, 0) is 0 Å². The summed E-state index contributed by atoms with van der Waals surface area (Å²) in [6, 6.07) is 9.53. The van der Waals surface area contributed by atoms with E-state index in [2.05, 4.69) is 11.9 Å². The molecule has 1 fully saturated rings. The summed E-state index contributed by atoms with van der Waals surface area (Å²) >= 11 is 0. The van der Waals surface area contributed by atoms with Gasteiger partial charge in [0.15, 0.2) is 0 Å². The highest BCUT2D eigenvalue weighted by atomic mass is 16.5. The predicted molar refractivity (Wildman–Crippen MR) is 84.8 cm³/mol. The van der Waals surface area contributed by atoms with E-state index in [0.29, 0.717) is 17.4 Å². The van der Waals surface area contributed by atoms with Crippen molar-refractivity contribution in [1.82, 2.24) is 4.98 Å². The molecular weight excluding hydrogens is 262 g/mol. The molecule has 2 atom stereocenters. The van der Waals surface area contributed by atoms with E-state index in [0.717, 1.165) is 23.7 Å². The molecule has 4 heteroatoms. The number of ether oxygens (including phenoxy) is 1. The molecule has 1 heterocycles. The molecule has 2 aromatic rings. The number of hydrogen-bond acceptors (Lipinski definition) is 3. The van der Waals surface area contributed by atoms with Crippen LogP contribution >= 0.6 is 0 Å². The van der Waals surface area contributed by atoms with E-state index in [4.69, 9.17) is 15.9 Å². The largest absolute Gasteiger partial charge is 0.474 e. The van der Waals surface area contributed by atoms with Gasteiger partial charge in [0.25, 0.3) is 0 Å². The molecule has 0 saturated heterocycles. The summed E-state index contributed by atoms with van der Waals surface area (Å²) in [6.07, 6.45) is 4.86. The Morgan fingerprint density at radius 3 is 2.90 bits per heavy atom. The number of nitrogens with two attached hydrogens (primary N) is 1. The molecule has 0 aliphatic heterocycles. The van der Waals surface area contributed by atoms with Gasteiger partial charge in [-0.3, -0.25) is 5.41 Å². The van der Waals surface area contributed by atoms with Crippen LogP contribution in [0.4, 0.5) is 0 Å². The molecule has 3 N–H and O–H groups in total. The molecule has 3 rings (SSSR count). The Bertz CT molecular complexity index is 668. The molecule has 0 radical (unpaired) electrons. The Balaban J connectivity index is 1.93. The molecule has 0 amide bonds. The molecule has 1 saturated carbocycles. The van der Waals surface area contributed by atoms with Crippen molar-refractivity contribution < 1.29 is 4.74 Å². The monoisotopic (exact) mass is 283 g/mol. The second kappa shape index (κ2) is 5.72. The van der Waals surface area contributed by atoms with Gasteiger partial charge in [-0.15, -0.1) is 0 Å². The lowest BCUT2D eigenvalue weighted by Gasteiger charge is -2.27. The van der Waals surface area contributed by atoms with Crippen LogP contribution in [-0.4, -0.2) is 16.9 Å². The first-order chi connectivity index (χ1) is 10.1. The summed E-state index contributed by atoms with van der Waals surface area (Å²) in [5.74, 6) is 1.34. The van der Waals surface area contributed by atoms with Crippen LogP contribution in [0.5, 0.6) is 5.88 Å². The first-order valence-electron chi connectivity index (χ1n) is 7.54. The van der Waals surface area contributed by atoms with E-state index in [1.54, 1.807) is 6.07 Å². The quantitative estimate of drug-likeness (QED) is 0.669. The third-order valence-electron chi connectivity index (χ3n) is 4.16. The van der Waals surface area contributed by atoms with Gasteiger partial charge in [0.1, 0.15) is 11.9 Å². The highest BCUT2D eigenvalue weighted by Crippen LogP contribution is 2.28. The van der Waals surface area contributed by atoms with Crippen molar-refractivity contribution in [1.29, 1.82) is 5.41 Å². The SMILES string of the molecule is CC1CCCC(Oc2cc(C(=N)N)c3ccccc3n2)C1. The molecular formula is C17H21N3O. The Morgan fingerprint density at radius 2 is 2.14 bits per heavy atom. The van der Waals surface area contributed by atoms with Crippen LogP contribution in [0.25, 0.3) is 10.9 Å². The van der Waals surface area contributed by atoms with E-state index in [1.165, 1.54) is 12.8 Å². The highest BCUT2D eigenvalue weighted by Gasteiger charge is 2.21. The summed E-state index contributed by atoms with van der Waals surface area (Å²) in [5, 5.41) is 8.66. The Labute approximate surface area is 124 Å². The van der Waals surface area contributed by atoms with Gasteiger partial charge in [-0.2, -0.15) is 0 Å². The normalized spacial score (nSPS) is 22.1. The second-order valence-electron chi connectivity index (χ2n) is 5.95. The van der Waals surface area contributed by atoms with Gasteiger partial charge in [0.2, 0.25) is 5.88 Å². The summed E-state index contributed by atoms with van der Waals surface area (Å²) in [6.45, 7) is 2.27. The zero-order valence-corrected chi connectivity index (χ0v) is 12.3. The average molecular weight is 283 g/mol. The van der Waals surface area contributed by atoms with Crippen molar-refractivity contribution in [3.05, 3.63) is 35.9 Å². The van der Waals surface area contributed by atoms with Crippen LogP contribution in [0, 0.1) is 11.3 Å². The Kier molecular flexibility index (Phi) is 3.78. The maximum atomic E-state index is 7.76. The first kappa shape index (κ1) is 13.9. The van der Waals surface area contributed by atoms with Gasteiger partial charge in [-0.05, 0) is 31.2 Å². The highest BCUT2D eigenvalue weighted by molar-refractivity contribution is 6.06. The van der Waals surface area contributed by atoms with Gasteiger partial charge >= 0.3 is 0 Å². The maximum Gasteiger partial charge on any atom is 0.214 e. The summed E-state index contributed by atoms with van der Waals surface area (Å²) in [5.41, 5.74) is 7.22. The molecule has 1 aromatic carbocycles. The molecule has 0 spiro atoms. The number of hydrogen-bond donors (Lipinski definition) is 2. The van der Waals surface area contributed by atoms with Gasteiger partial charge in [0, 0.05) is 17.0 Å². The van der Waals surface area contributed by atoms with Crippen LogP contribution in [0.1, 0.15) is 38.2 Å². The molecule has 1 aliphatic rings. The third-order valence-corrected chi connectivity index (χ3v) is 4.16. The fourth-order valence-corrected chi connectivity index (χ4v) is 3.09. The van der Waals surface area contributed by atoms with Gasteiger partial charge in [-0.25, -0.2) is 4.98 Å². The molecule has 2 unspecified atom stereocenters. The van der Waals surface area contributed by atoms with Crippen molar-refractivity contribution in [2.75, 3.05) is 0 Å².